The molecule has 1 aliphatic heterocycles. The number of nitrogens with zero attached hydrogens (tertiary/aromatic N) is 2. The summed E-state index contributed by atoms with van der Waals surface area (Å²) in [6, 6.07) is 10.7. The maximum atomic E-state index is 13.6. The Labute approximate surface area is 195 Å². The van der Waals surface area contributed by atoms with Crippen molar-refractivity contribution in [3.63, 3.8) is 0 Å². The van der Waals surface area contributed by atoms with Gasteiger partial charge in [0.15, 0.2) is 0 Å². The number of hydrogen-bond acceptors (Lipinski definition) is 3. The Bertz CT molecular complexity index is 1350. The van der Waals surface area contributed by atoms with Crippen LogP contribution in [0.15, 0.2) is 48.0 Å². The molecule has 0 saturated carbocycles. The van der Waals surface area contributed by atoms with E-state index in [4.69, 9.17) is 11.6 Å². The number of carbonyl (C=O) groups excluding carboxylic acids is 3. The highest BCUT2D eigenvalue weighted by molar-refractivity contribution is 6.39. The van der Waals surface area contributed by atoms with E-state index in [0.29, 0.717) is 16.9 Å². The SMILES string of the molecule is Cc1cc(C)cc(N2C(=O)NC(=O)/C(=C\c3cc(C)n(-c4ccc(F)c(Cl)c4)c3C)C2=O)c1. The minimum absolute atomic E-state index is 0.00987. The second kappa shape index (κ2) is 8.33. The van der Waals surface area contributed by atoms with E-state index >= 15 is 0 Å². The fourth-order valence-electron chi connectivity index (χ4n) is 4.08. The van der Waals surface area contributed by atoms with Crippen molar-refractivity contribution in [3.8, 4) is 5.69 Å². The third-order valence-electron chi connectivity index (χ3n) is 5.50. The molecule has 0 spiro atoms. The van der Waals surface area contributed by atoms with E-state index in [1.807, 2.05) is 38.3 Å². The number of nitrogens with one attached hydrogen (secondary N) is 1. The molecule has 0 bridgehead atoms. The van der Waals surface area contributed by atoms with E-state index < -0.39 is 23.7 Å². The summed E-state index contributed by atoms with van der Waals surface area (Å²) in [6.45, 7) is 7.39. The van der Waals surface area contributed by atoms with E-state index in [2.05, 4.69) is 5.32 Å². The summed E-state index contributed by atoms with van der Waals surface area (Å²) >= 11 is 5.94. The smallest absolute Gasteiger partial charge is 0.318 e. The zero-order valence-electron chi connectivity index (χ0n) is 18.5. The van der Waals surface area contributed by atoms with Crippen LogP contribution in [0.25, 0.3) is 11.8 Å². The number of barbiturate groups is 1. The van der Waals surface area contributed by atoms with Gasteiger partial charge in [0.2, 0.25) is 0 Å². The lowest BCUT2D eigenvalue weighted by Crippen LogP contribution is -2.54. The van der Waals surface area contributed by atoms with E-state index in [1.54, 1.807) is 24.3 Å². The molecule has 4 rings (SSSR count). The molecule has 33 heavy (non-hydrogen) atoms. The molecule has 1 fully saturated rings. The lowest BCUT2D eigenvalue weighted by Gasteiger charge is -2.27. The highest BCUT2D eigenvalue weighted by Gasteiger charge is 2.37. The predicted octanol–water partition coefficient (Wildman–Crippen LogP) is 5.17. The molecule has 6 nitrogen and oxygen atoms in total. The van der Waals surface area contributed by atoms with Crippen molar-refractivity contribution in [1.82, 2.24) is 9.88 Å². The normalized spacial score (nSPS) is 15.4. The summed E-state index contributed by atoms with van der Waals surface area (Å²) in [5.41, 5.74) is 4.77. The Hall–Kier alpha value is -3.71. The molecule has 0 unspecified atom stereocenters. The number of rotatable bonds is 3. The number of aryl methyl sites for hydroxylation is 3. The average Bonchev–Trinajstić information content (AvgIpc) is 2.99. The molecule has 2 aromatic carbocycles. The zero-order chi connectivity index (χ0) is 24.0. The second-order valence-corrected chi connectivity index (χ2v) is 8.47. The van der Waals surface area contributed by atoms with Crippen LogP contribution in [-0.4, -0.2) is 22.4 Å². The van der Waals surface area contributed by atoms with Crippen LogP contribution in [0.4, 0.5) is 14.9 Å². The molecule has 8 heteroatoms. The van der Waals surface area contributed by atoms with Crippen LogP contribution in [-0.2, 0) is 9.59 Å². The number of anilines is 1. The van der Waals surface area contributed by atoms with Gasteiger partial charge in [0.1, 0.15) is 11.4 Å². The molecule has 2 heterocycles. The number of hydrogen-bond donors (Lipinski definition) is 1. The molecule has 4 amide bonds. The van der Waals surface area contributed by atoms with Crippen LogP contribution >= 0.6 is 11.6 Å². The first-order valence-electron chi connectivity index (χ1n) is 10.2. The number of benzene rings is 2. The zero-order valence-corrected chi connectivity index (χ0v) is 19.2. The lowest BCUT2D eigenvalue weighted by molar-refractivity contribution is -0.122. The molecule has 1 saturated heterocycles. The highest BCUT2D eigenvalue weighted by atomic mass is 35.5. The van der Waals surface area contributed by atoms with E-state index in [-0.39, 0.29) is 10.6 Å². The summed E-state index contributed by atoms with van der Waals surface area (Å²) < 4.78 is 15.5. The number of carbonyl (C=O) groups is 3. The van der Waals surface area contributed by atoms with Gasteiger partial charge in [-0.15, -0.1) is 0 Å². The first-order valence-corrected chi connectivity index (χ1v) is 10.6. The number of halogens is 2. The minimum atomic E-state index is -0.793. The molecule has 0 aliphatic carbocycles. The maximum absolute atomic E-state index is 13.6. The number of aromatic nitrogens is 1. The fourth-order valence-corrected chi connectivity index (χ4v) is 4.26. The third kappa shape index (κ3) is 4.07. The Morgan fingerprint density at radius 3 is 2.21 bits per heavy atom. The van der Waals surface area contributed by atoms with Gasteiger partial charge < -0.3 is 4.57 Å². The first kappa shape index (κ1) is 22.5. The van der Waals surface area contributed by atoms with Gasteiger partial charge in [-0.25, -0.2) is 14.1 Å². The molecular weight excluding hydrogens is 445 g/mol. The van der Waals surface area contributed by atoms with Crippen molar-refractivity contribution in [2.45, 2.75) is 27.7 Å². The number of urea groups is 1. The van der Waals surface area contributed by atoms with Crippen molar-refractivity contribution in [2.75, 3.05) is 4.90 Å². The molecule has 1 N–H and O–H groups in total. The highest BCUT2D eigenvalue weighted by Crippen LogP contribution is 2.28. The Kier molecular flexibility index (Phi) is 5.68. The summed E-state index contributed by atoms with van der Waals surface area (Å²) in [4.78, 5) is 39.3. The first-order chi connectivity index (χ1) is 15.6. The standard InChI is InChI=1S/C25H21ClFN3O3/c1-13-7-14(2)9-19(8-13)30-24(32)20(23(31)28-25(30)33)11-17-10-15(3)29(16(17)4)18-5-6-22(27)21(26)12-18/h5-12H,1-4H3,(H,28,31,33)/b20-11+. The van der Waals surface area contributed by atoms with Crippen LogP contribution in [0.5, 0.6) is 0 Å². The van der Waals surface area contributed by atoms with Gasteiger partial charge in [0.25, 0.3) is 11.8 Å². The van der Waals surface area contributed by atoms with Crippen molar-refractivity contribution in [2.24, 2.45) is 0 Å². The van der Waals surface area contributed by atoms with Crippen LogP contribution < -0.4 is 10.2 Å². The van der Waals surface area contributed by atoms with Gasteiger partial charge in [0, 0.05) is 17.1 Å². The Morgan fingerprint density at radius 1 is 0.909 bits per heavy atom. The van der Waals surface area contributed by atoms with Crippen molar-refractivity contribution < 1.29 is 18.8 Å². The van der Waals surface area contributed by atoms with Crippen molar-refractivity contribution >= 4 is 41.2 Å². The Morgan fingerprint density at radius 2 is 1.58 bits per heavy atom. The molecule has 0 atom stereocenters. The van der Waals surface area contributed by atoms with Gasteiger partial charge in [-0.05, 0) is 86.9 Å². The molecule has 1 aliphatic rings. The van der Waals surface area contributed by atoms with Gasteiger partial charge >= 0.3 is 6.03 Å². The minimum Gasteiger partial charge on any atom is -0.318 e. The second-order valence-electron chi connectivity index (χ2n) is 8.06. The molecule has 1 aromatic heterocycles. The van der Waals surface area contributed by atoms with Crippen LogP contribution in [0.1, 0.15) is 28.1 Å². The Balaban J connectivity index is 1.78. The molecule has 0 radical (unpaired) electrons. The largest absolute Gasteiger partial charge is 0.335 e. The summed E-state index contributed by atoms with van der Waals surface area (Å²) in [5, 5.41) is 2.24. The molecule has 3 aromatic rings. The predicted molar refractivity (Wildman–Crippen MR) is 125 cm³/mol. The van der Waals surface area contributed by atoms with Gasteiger partial charge in [-0.1, -0.05) is 17.7 Å². The number of amides is 4. The fraction of sp³-hybridized carbons (Fsp3) is 0.160. The summed E-state index contributed by atoms with van der Waals surface area (Å²) in [5.74, 6) is -1.99. The lowest BCUT2D eigenvalue weighted by atomic mass is 10.1. The van der Waals surface area contributed by atoms with Gasteiger partial charge in [-0.2, -0.15) is 0 Å². The topological polar surface area (TPSA) is 71.4 Å². The number of imide groups is 2. The quantitative estimate of drug-likeness (QED) is 0.428. The van der Waals surface area contributed by atoms with Crippen molar-refractivity contribution in [1.29, 1.82) is 0 Å². The van der Waals surface area contributed by atoms with Gasteiger partial charge in [0.05, 0.1) is 10.7 Å². The van der Waals surface area contributed by atoms with E-state index in [9.17, 15) is 18.8 Å². The summed E-state index contributed by atoms with van der Waals surface area (Å²) in [7, 11) is 0. The van der Waals surface area contributed by atoms with Crippen LogP contribution in [0.3, 0.4) is 0 Å². The average molecular weight is 466 g/mol. The molecular formula is C25H21ClFN3O3. The van der Waals surface area contributed by atoms with Crippen LogP contribution in [0.2, 0.25) is 5.02 Å². The van der Waals surface area contributed by atoms with Gasteiger partial charge in [-0.3, -0.25) is 14.9 Å². The monoisotopic (exact) mass is 465 g/mol. The van der Waals surface area contributed by atoms with E-state index in [0.717, 1.165) is 27.4 Å². The molecule has 168 valence electrons. The maximum Gasteiger partial charge on any atom is 0.335 e. The van der Waals surface area contributed by atoms with Crippen LogP contribution in [0, 0.1) is 33.5 Å². The van der Waals surface area contributed by atoms with Crippen molar-refractivity contribution in [3.05, 3.63) is 87.0 Å². The summed E-state index contributed by atoms with van der Waals surface area (Å²) in [6.07, 6.45) is 1.46. The third-order valence-corrected chi connectivity index (χ3v) is 5.79. The van der Waals surface area contributed by atoms with E-state index in [1.165, 1.54) is 18.2 Å².